The SMILES string of the molecule is COCC#Cc1cccc(C)n1. The van der Waals surface area contributed by atoms with Crippen molar-refractivity contribution in [2.75, 3.05) is 13.7 Å². The van der Waals surface area contributed by atoms with Gasteiger partial charge in [-0.2, -0.15) is 0 Å². The van der Waals surface area contributed by atoms with E-state index in [1.807, 2.05) is 25.1 Å². The normalized spacial score (nSPS) is 8.83. The molecule has 0 unspecified atom stereocenters. The van der Waals surface area contributed by atoms with Crippen LogP contribution in [0.4, 0.5) is 0 Å². The third-order valence-electron chi connectivity index (χ3n) is 1.32. The van der Waals surface area contributed by atoms with Crippen LogP contribution in [-0.2, 0) is 4.74 Å². The third kappa shape index (κ3) is 2.73. The van der Waals surface area contributed by atoms with Gasteiger partial charge in [-0.25, -0.2) is 4.98 Å². The second kappa shape index (κ2) is 4.53. The number of rotatable bonds is 1. The molecule has 0 saturated carbocycles. The number of aryl methyl sites for hydroxylation is 1. The van der Waals surface area contributed by atoms with E-state index in [2.05, 4.69) is 16.8 Å². The minimum absolute atomic E-state index is 0.454. The summed E-state index contributed by atoms with van der Waals surface area (Å²) in [6, 6.07) is 5.77. The molecule has 2 nitrogen and oxygen atoms in total. The molecule has 12 heavy (non-hydrogen) atoms. The van der Waals surface area contributed by atoms with Gasteiger partial charge in [0.25, 0.3) is 0 Å². The van der Waals surface area contributed by atoms with E-state index < -0.39 is 0 Å². The minimum atomic E-state index is 0.454. The number of hydrogen-bond donors (Lipinski definition) is 0. The van der Waals surface area contributed by atoms with Crippen molar-refractivity contribution in [3.8, 4) is 11.8 Å². The van der Waals surface area contributed by atoms with Gasteiger partial charge in [-0.1, -0.05) is 12.0 Å². The van der Waals surface area contributed by atoms with Gasteiger partial charge in [-0.3, -0.25) is 0 Å². The van der Waals surface area contributed by atoms with Gasteiger partial charge in [0.1, 0.15) is 12.3 Å². The summed E-state index contributed by atoms with van der Waals surface area (Å²) in [5, 5.41) is 0. The molecule has 0 atom stereocenters. The van der Waals surface area contributed by atoms with Crippen molar-refractivity contribution in [2.45, 2.75) is 6.92 Å². The maximum atomic E-state index is 4.79. The van der Waals surface area contributed by atoms with E-state index in [9.17, 15) is 0 Å². The fourth-order valence-electron chi connectivity index (χ4n) is 0.811. The molecule has 1 heterocycles. The number of hydrogen-bond acceptors (Lipinski definition) is 2. The Labute approximate surface area is 72.6 Å². The third-order valence-corrected chi connectivity index (χ3v) is 1.32. The van der Waals surface area contributed by atoms with E-state index in [0.717, 1.165) is 11.4 Å². The van der Waals surface area contributed by atoms with Crippen LogP contribution >= 0.6 is 0 Å². The average Bonchev–Trinajstić information content (AvgIpc) is 2.05. The highest BCUT2D eigenvalue weighted by molar-refractivity contribution is 5.28. The molecular weight excluding hydrogens is 150 g/mol. The van der Waals surface area contributed by atoms with E-state index in [1.165, 1.54) is 0 Å². The minimum Gasteiger partial charge on any atom is -0.372 e. The number of ether oxygens (including phenoxy) is 1. The monoisotopic (exact) mass is 161 g/mol. The van der Waals surface area contributed by atoms with Crippen molar-refractivity contribution in [1.29, 1.82) is 0 Å². The van der Waals surface area contributed by atoms with Crippen molar-refractivity contribution in [3.63, 3.8) is 0 Å². The van der Waals surface area contributed by atoms with Crippen LogP contribution in [0.2, 0.25) is 0 Å². The van der Waals surface area contributed by atoms with E-state index in [4.69, 9.17) is 4.74 Å². The van der Waals surface area contributed by atoms with Crippen molar-refractivity contribution in [3.05, 3.63) is 29.6 Å². The highest BCUT2D eigenvalue weighted by Crippen LogP contribution is 1.95. The number of aromatic nitrogens is 1. The molecule has 0 radical (unpaired) electrons. The molecule has 0 aliphatic heterocycles. The molecule has 0 spiro atoms. The summed E-state index contributed by atoms with van der Waals surface area (Å²) >= 11 is 0. The molecule has 0 aliphatic rings. The van der Waals surface area contributed by atoms with E-state index in [-0.39, 0.29) is 0 Å². The predicted molar refractivity (Wildman–Crippen MR) is 47.7 cm³/mol. The van der Waals surface area contributed by atoms with Crippen molar-refractivity contribution < 1.29 is 4.74 Å². The second-order valence-electron chi connectivity index (χ2n) is 2.40. The Kier molecular flexibility index (Phi) is 3.31. The molecule has 1 aromatic rings. The van der Waals surface area contributed by atoms with Gasteiger partial charge in [-0.15, -0.1) is 0 Å². The molecule has 2 heteroatoms. The summed E-state index contributed by atoms with van der Waals surface area (Å²) in [6.07, 6.45) is 0. The van der Waals surface area contributed by atoms with Gasteiger partial charge < -0.3 is 4.74 Å². The molecule has 1 aromatic heterocycles. The first-order valence-electron chi connectivity index (χ1n) is 3.74. The Bertz CT molecular complexity index is 309. The highest BCUT2D eigenvalue weighted by Gasteiger charge is 1.86. The molecular formula is C10H11NO. The molecule has 1 rings (SSSR count). The van der Waals surface area contributed by atoms with Crippen molar-refractivity contribution in [1.82, 2.24) is 4.98 Å². The zero-order valence-corrected chi connectivity index (χ0v) is 7.29. The second-order valence-corrected chi connectivity index (χ2v) is 2.40. The number of methoxy groups -OCH3 is 1. The highest BCUT2D eigenvalue weighted by atomic mass is 16.5. The summed E-state index contributed by atoms with van der Waals surface area (Å²) in [7, 11) is 1.62. The van der Waals surface area contributed by atoms with Gasteiger partial charge in [-0.05, 0) is 25.0 Å². The summed E-state index contributed by atoms with van der Waals surface area (Å²) in [5.41, 5.74) is 1.78. The van der Waals surface area contributed by atoms with Crippen molar-refractivity contribution >= 4 is 0 Å². The molecule has 0 aliphatic carbocycles. The molecule has 0 N–H and O–H groups in total. The Hall–Kier alpha value is -1.33. The van der Waals surface area contributed by atoms with Crippen LogP contribution in [0.25, 0.3) is 0 Å². The molecule has 0 bridgehead atoms. The Morgan fingerprint density at radius 2 is 2.33 bits per heavy atom. The van der Waals surface area contributed by atoms with Crippen LogP contribution in [0.5, 0.6) is 0 Å². The predicted octanol–water partition coefficient (Wildman–Crippen LogP) is 1.39. The molecule has 0 aromatic carbocycles. The Morgan fingerprint density at radius 3 is 3.00 bits per heavy atom. The lowest BCUT2D eigenvalue weighted by molar-refractivity contribution is 0.240. The van der Waals surface area contributed by atoms with Crippen LogP contribution in [0.3, 0.4) is 0 Å². The van der Waals surface area contributed by atoms with E-state index in [1.54, 1.807) is 7.11 Å². The smallest absolute Gasteiger partial charge is 0.113 e. The lowest BCUT2D eigenvalue weighted by Crippen LogP contribution is -1.86. The van der Waals surface area contributed by atoms with Gasteiger partial charge in [0, 0.05) is 12.8 Å². The van der Waals surface area contributed by atoms with E-state index >= 15 is 0 Å². The van der Waals surface area contributed by atoms with Gasteiger partial charge in [0.05, 0.1) is 0 Å². The maximum Gasteiger partial charge on any atom is 0.113 e. The summed E-state index contributed by atoms with van der Waals surface area (Å²) < 4.78 is 4.79. The van der Waals surface area contributed by atoms with Crippen LogP contribution in [0.15, 0.2) is 18.2 Å². The molecule has 0 fully saturated rings. The zero-order chi connectivity index (χ0) is 8.81. The maximum absolute atomic E-state index is 4.79. The van der Waals surface area contributed by atoms with Crippen molar-refractivity contribution in [2.24, 2.45) is 0 Å². The quantitative estimate of drug-likeness (QED) is 0.581. The molecule has 0 saturated heterocycles. The Balaban J connectivity index is 2.71. The lowest BCUT2D eigenvalue weighted by atomic mass is 10.3. The van der Waals surface area contributed by atoms with Crippen LogP contribution in [0, 0.1) is 18.8 Å². The summed E-state index contributed by atoms with van der Waals surface area (Å²) in [6.45, 7) is 2.40. The first kappa shape index (κ1) is 8.76. The first-order valence-corrected chi connectivity index (χ1v) is 3.74. The topological polar surface area (TPSA) is 22.1 Å². The fourth-order valence-corrected chi connectivity index (χ4v) is 0.811. The van der Waals surface area contributed by atoms with Crippen LogP contribution in [0.1, 0.15) is 11.4 Å². The molecule has 62 valence electrons. The average molecular weight is 161 g/mol. The summed E-state index contributed by atoms with van der Waals surface area (Å²) in [5.74, 6) is 5.74. The number of pyridine rings is 1. The Morgan fingerprint density at radius 1 is 1.50 bits per heavy atom. The lowest BCUT2D eigenvalue weighted by Gasteiger charge is -1.91. The van der Waals surface area contributed by atoms with E-state index in [0.29, 0.717) is 6.61 Å². The fraction of sp³-hybridized carbons (Fsp3) is 0.300. The number of nitrogens with zero attached hydrogens (tertiary/aromatic N) is 1. The molecule has 0 amide bonds. The van der Waals surface area contributed by atoms with Gasteiger partial charge in [0.15, 0.2) is 0 Å². The standard InChI is InChI=1S/C10H11NO/c1-9-5-3-6-10(11-9)7-4-8-12-2/h3,5-6H,8H2,1-2H3. The van der Waals surface area contributed by atoms with Gasteiger partial charge >= 0.3 is 0 Å². The van der Waals surface area contributed by atoms with Crippen LogP contribution in [-0.4, -0.2) is 18.7 Å². The van der Waals surface area contributed by atoms with Crippen LogP contribution < -0.4 is 0 Å². The zero-order valence-electron chi connectivity index (χ0n) is 7.29. The van der Waals surface area contributed by atoms with Gasteiger partial charge in [0.2, 0.25) is 0 Å². The largest absolute Gasteiger partial charge is 0.372 e. The summed E-state index contributed by atoms with van der Waals surface area (Å²) in [4.78, 5) is 4.22. The first-order chi connectivity index (χ1) is 5.83.